The second-order valence-corrected chi connectivity index (χ2v) is 22.4. The number of nitrogens with zero attached hydrogens (tertiary/aromatic N) is 8. The van der Waals surface area contributed by atoms with Crippen molar-refractivity contribution >= 4 is 56.9 Å². The molecule has 0 saturated heterocycles. The Bertz CT molecular complexity index is 2540. The van der Waals surface area contributed by atoms with Crippen molar-refractivity contribution in [2.75, 3.05) is 0 Å². The van der Waals surface area contributed by atoms with Gasteiger partial charge in [-0.15, -0.1) is 22.7 Å². The van der Waals surface area contributed by atoms with E-state index in [0.717, 1.165) is 23.0 Å². The van der Waals surface area contributed by atoms with Gasteiger partial charge >= 0.3 is 0 Å². The molecular formula is C83H134N8O5S5. The van der Waals surface area contributed by atoms with E-state index in [0.29, 0.717) is 0 Å². The molecule has 14 heterocycles. The van der Waals surface area contributed by atoms with E-state index in [1.54, 1.807) is 117 Å². The third kappa shape index (κ3) is 85.9. The molecule has 0 amide bonds. The number of aryl methyl sites for hydroxylation is 15. The van der Waals surface area contributed by atoms with Gasteiger partial charge < -0.3 is 31.3 Å². The minimum Gasteiger partial charge on any atom is -0.472 e. The molecule has 101 heavy (non-hydrogen) atoms. The Labute approximate surface area is 634 Å². The van der Waals surface area contributed by atoms with Crippen molar-refractivity contribution in [1.82, 2.24) is 38.2 Å². The molecule has 0 radical (unpaired) electrons. The van der Waals surface area contributed by atoms with Crippen LogP contribution >= 0.6 is 56.9 Å². The normalized spacial score (nSPS) is 7.95. The number of hydrogen-bond donors (Lipinski definition) is 0. The van der Waals surface area contributed by atoms with Gasteiger partial charge in [0.15, 0.2) is 0 Å². The van der Waals surface area contributed by atoms with Gasteiger partial charge in [0.05, 0.1) is 49.5 Å². The molecule has 0 spiro atoms. The minimum absolute atomic E-state index is 0.856. The highest BCUT2D eigenvalue weighted by atomic mass is 32.1. The molecule has 0 aliphatic rings. The lowest BCUT2D eigenvalue weighted by molar-refractivity contribution is 0.397. The molecule has 0 aliphatic carbocycles. The Morgan fingerprint density at radius 1 is 0.347 bits per heavy atom. The van der Waals surface area contributed by atoms with Crippen molar-refractivity contribution in [2.45, 2.75) is 187 Å². The molecule has 13 nitrogen and oxygen atoms in total. The van der Waals surface area contributed by atoms with Crippen LogP contribution in [0.4, 0.5) is 0 Å². The van der Waals surface area contributed by atoms with Crippen LogP contribution in [0.5, 0.6) is 0 Å². The molecule has 14 aromatic rings. The number of rotatable bonds is 0. The minimum atomic E-state index is 0.856. The highest BCUT2D eigenvalue weighted by Gasteiger charge is 1.84. The van der Waals surface area contributed by atoms with Gasteiger partial charge in [0.25, 0.3) is 0 Å². The number of hydrogen-bond acceptors (Lipinski definition) is 14. The summed E-state index contributed by atoms with van der Waals surface area (Å²) in [5.41, 5.74) is 7.49. The predicted molar refractivity (Wildman–Crippen MR) is 451 cm³/mol. The summed E-state index contributed by atoms with van der Waals surface area (Å²) in [6.07, 6.45) is 25.0. The summed E-state index contributed by atoms with van der Waals surface area (Å²) < 4.78 is 35.2. The first-order valence-electron chi connectivity index (χ1n) is 34.6. The zero-order chi connectivity index (χ0) is 78.6. The van der Waals surface area contributed by atoms with Gasteiger partial charge in [0.1, 0.15) is 17.3 Å². The van der Waals surface area contributed by atoms with Crippen molar-refractivity contribution in [2.24, 2.45) is 28.2 Å². The quantitative estimate of drug-likeness (QED) is 0.145. The van der Waals surface area contributed by atoms with E-state index in [2.05, 4.69) is 138 Å². The molecule has 14 rings (SSSR count). The second-order valence-electron chi connectivity index (χ2n) is 17.8. The fourth-order valence-electron chi connectivity index (χ4n) is 4.98. The number of thiophene rings is 4. The summed E-state index contributed by atoms with van der Waals surface area (Å²) in [6.45, 7) is 54.1. The fraction of sp³-hybridized carbons (Fsp3) is 0.373. The summed E-state index contributed by atoms with van der Waals surface area (Å²) in [6, 6.07) is 39.6. The van der Waals surface area contributed by atoms with Crippen molar-refractivity contribution in [3.63, 3.8) is 0 Å². The molecule has 14 aromatic heterocycles. The Morgan fingerprint density at radius 3 is 0.861 bits per heavy atom. The van der Waals surface area contributed by atoms with Gasteiger partial charge in [-0.25, -0.2) is 0 Å². The van der Waals surface area contributed by atoms with Crippen LogP contribution in [-0.4, -0.2) is 38.2 Å². The SMILES string of the molecule is CC.CC.CC.CC.CC.CC.CC.CC.Cc1cccn1C.Cc1ccco1.Cc1ccco1.Cc1cccs1.Cc1cccs1.Cc1ccno1.Cc1ccoc1.Cc1ccoc1.Cc1ccsc1.Cc1ccsc1.Cc1ccsn1.Cn1cccc1.Cn1cccn1.Cn1cccn1. The first kappa shape index (κ1) is 109. The molecule has 0 aliphatic heterocycles. The van der Waals surface area contributed by atoms with Crippen LogP contribution in [0.15, 0.2) is 268 Å². The van der Waals surface area contributed by atoms with Crippen LogP contribution in [0, 0.1) is 76.2 Å². The number of furan rings is 4. The Kier molecular flexibility index (Phi) is 96.6. The van der Waals surface area contributed by atoms with Crippen LogP contribution in [0.3, 0.4) is 0 Å². The van der Waals surface area contributed by atoms with Gasteiger partial charge in [0, 0.05) is 98.5 Å². The summed E-state index contributed by atoms with van der Waals surface area (Å²) in [5, 5.41) is 25.6. The van der Waals surface area contributed by atoms with Crippen LogP contribution < -0.4 is 0 Å². The lowest BCUT2D eigenvalue weighted by atomic mass is 10.4. The smallest absolute Gasteiger partial charge is 0.133 e. The molecule has 0 bridgehead atoms. The Hall–Kier alpha value is -8.26. The van der Waals surface area contributed by atoms with E-state index in [4.69, 9.17) is 17.7 Å². The van der Waals surface area contributed by atoms with E-state index in [9.17, 15) is 0 Å². The van der Waals surface area contributed by atoms with Crippen LogP contribution in [-0.2, 0) is 28.2 Å². The first-order valence-corrected chi connectivity index (χ1v) is 39.1. The summed E-state index contributed by atoms with van der Waals surface area (Å²) in [4.78, 5) is 2.77. The largest absolute Gasteiger partial charge is 0.472 e. The fourth-order valence-corrected chi connectivity index (χ4v) is 7.92. The Morgan fingerprint density at radius 2 is 0.772 bits per heavy atom. The second kappa shape index (κ2) is 89.8. The van der Waals surface area contributed by atoms with Gasteiger partial charge in [0.2, 0.25) is 0 Å². The average molecular weight is 1480 g/mol. The first-order chi connectivity index (χ1) is 48.9. The zero-order valence-electron chi connectivity index (χ0n) is 67.8. The monoisotopic (exact) mass is 1480 g/mol. The van der Waals surface area contributed by atoms with Gasteiger partial charge in [-0.05, 0) is 245 Å². The molecule has 0 N–H and O–H groups in total. The highest BCUT2D eigenvalue weighted by Crippen LogP contribution is 2.05. The lowest BCUT2D eigenvalue weighted by Crippen LogP contribution is -1.84. The highest BCUT2D eigenvalue weighted by molar-refractivity contribution is 7.10. The van der Waals surface area contributed by atoms with Crippen molar-refractivity contribution < 1.29 is 22.2 Å². The van der Waals surface area contributed by atoms with Crippen molar-refractivity contribution in [3.05, 3.63) is 307 Å². The molecular weight excluding hydrogens is 1350 g/mol. The molecule has 0 unspecified atom stereocenters. The number of aromatic nitrogens is 8. The predicted octanol–water partition coefficient (Wildman–Crippen LogP) is 28.4. The van der Waals surface area contributed by atoms with Gasteiger partial charge in [-0.3, -0.25) is 9.36 Å². The lowest BCUT2D eigenvalue weighted by Gasteiger charge is -1.89. The maximum absolute atomic E-state index is 4.83. The van der Waals surface area contributed by atoms with E-state index in [-0.39, 0.29) is 0 Å². The maximum Gasteiger partial charge on any atom is 0.133 e. The Balaban J connectivity index is -0.000000151. The van der Waals surface area contributed by atoms with Gasteiger partial charge in [-0.2, -0.15) is 37.2 Å². The molecule has 0 saturated carbocycles. The molecule has 566 valence electrons. The van der Waals surface area contributed by atoms with E-state index < -0.39 is 0 Å². The van der Waals surface area contributed by atoms with Gasteiger partial charge in [-0.1, -0.05) is 128 Å². The molecule has 18 heteroatoms. The van der Waals surface area contributed by atoms with E-state index in [1.807, 2.05) is 294 Å². The van der Waals surface area contributed by atoms with Crippen LogP contribution in [0.2, 0.25) is 0 Å². The summed E-state index contributed by atoms with van der Waals surface area (Å²) >= 11 is 8.52. The average Bonchev–Trinajstić information content (AvgIpc) is 2.16. The zero-order valence-corrected chi connectivity index (χ0v) is 71.9. The summed E-state index contributed by atoms with van der Waals surface area (Å²) in [7, 11) is 7.81. The third-order valence-electron chi connectivity index (χ3n) is 9.67. The maximum atomic E-state index is 4.83. The standard InChI is InChI=1S/C6H9N.C5H7N.4C5H6O.4C5H6S.2C4H6N2.C4H5NO.C4H5NS.8C2H6/c1-6-4-3-5-7(6)2;1-6-4-2-3-5-6;2*1-5-2-3-6-4-5;2*1-5-3-2-4-6-5;2*1-5-2-3-6-4-5;2*1-5-3-2-4-6-5;2*1-6-4-2-3-5-6;1-4-2-3-5-6-4;1-4-2-3-6-5-4;8*1-2/h3-5H,1-2H3;2-5H,1H3;10*2-4H,1H3;2*2-3H,1H3;8*1-2H3. The molecule has 0 aromatic carbocycles. The van der Waals surface area contributed by atoms with Crippen LogP contribution in [0.1, 0.15) is 171 Å². The topological polar surface area (TPSA) is 137 Å². The van der Waals surface area contributed by atoms with Crippen LogP contribution in [0.25, 0.3) is 0 Å². The van der Waals surface area contributed by atoms with E-state index in [1.165, 1.54) is 49.2 Å². The molecule has 0 fully saturated rings. The van der Waals surface area contributed by atoms with Crippen molar-refractivity contribution in [1.29, 1.82) is 0 Å². The molecule has 0 atom stereocenters. The third-order valence-corrected chi connectivity index (χ3v) is 13.5. The summed E-state index contributed by atoms with van der Waals surface area (Å²) in [5.74, 6) is 2.79. The van der Waals surface area contributed by atoms with Crippen molar-refractivity contribution in [3.8, 4) is 0 Å². The van der Waals surface area contributed by atoms with E-state index >= 15 is 0 Å².